The number of amides is 1. The summed E-state index contributed by atoms with van der Waals surface area (Å²) in [5, 5.41) is 14.4. The maximum Gasteiger partial charge on any atom is 0.418 e. The summed E-state index contributed by atoms with van der Waals surface area (Å²) in [4.78, 5) is 41.4. The molecule has 1 saturated heterocycles. The number of rotatable bonds is 6. The Hall–Kier alpha value is -4.39. The second kappa shape index (κ2) is 10.5. The van der Waals surface area contributed by atoms with Gasteiger partial charge in [0.1, 0.15) is 17.2 Å². The Balaban J connectivity index is 1.82. The minimum absolute atomic E-state index is 0.0272. The van der Waals surface area contributed by atoms with Gasteiger partial charge in [-0.1, -0.05) is 0 Å². The lowest BCUT2D eigenvalue weighted by Gasteiger charge is -2.23. The molecule has 1 aromatic heterocycles. The second-order valence-electron chi connectivity index (χ2n) is 9.84. The maximum absolute atomic E-state index is 14.3. The monoisotopic (exact) mass is 572 g/mol. The van der Waals surface area contributed by atoms with Gasteiger partial charge in [0.2, 0.25) is 5.78 Å². The molecule has 3 aromatic rings. The van der Waals surface area contributed by atoms with Gasteiger partial charge in [0, 0.05) is 49.4 Å². The number of β-amino-alcohol motifs (C(OH)–C–C–N with tert-alkyl or cyclic N) is 1. The average Bonchev–Trinajstić information content (AvgIpc) is 3.58. The van der Waals surface area contributed by atoms with Crippen molar-refractivity contribution in [3.8, 4) is 28.4 Å². The smallest absolute Gasteiger partial charge is 0.418 e. The van der Waals surface area contributed by atoms with Crippen LogP contribution in [0.4, 0.5) is 24.5 Å². The molecule has 3 heterocycles. The number of Topliss-reactive ketones (excluding diaryl/α,β-unsaturated/α-hetero) is 1. The predicted octanol–water partition coefficient (Wildman–Crippen LogP) is 2.98. The van der Waals surface area contributed by atoms with Crippen LogP contribution in [0, 0.1) is 0 Å². The summed E-state index contributed by atoms with van der Waals surface area (Å²) in [6.45, 7) is 1.66. The van der Waals surface area contributed by atoms with Crippen molar-refractivity contribution in [2.24, 2.45) is 0 Å². The van der Waals surface area contributed by atoms with Crippen molar-refractivity contribution < 1.29 is 37.3 Å². The van der Waals surface area contributed by atoms with Gasteiger partial charge in [-0.2, -0.15) is 23.0 Å². The molecule has 0 radical (unpaired) electrons. The van der Waals surface area contributed by atoms with E-state index in [-0.39, 0.29) is 30.9 Å². The van der Waals surface area contributed by atoms with E-state index in [1.807, 2.05) is 0 Å². The van der Waals surface area contributed by atoms with E-state index in [4.69, 9.17) is 9.47 Å². The van der Waals surface area contributed by atoms with E-state index in [1.54, 1.807) is 23.1 Å². The average molecular weight is 573 g/mol. The Morgan fingerprint density at radius 2 is 1.73 bits per heavy atom. The van der Waals surface area contributed by atoms with E-state index in [9.17, 15) is 32.7 Å². The van der Waals surface area contributed by atoms with Crippen molar-refractivity contribution in [2.75, 3.05) is 43.7 Å². The first-order valence-corrected chi connectivity index (χ1v) is 12.8. The Kier molecular flexibility index (Phi) is 7.24. The minimum Gasteiger partial charge on any atom is -0.497 e. The fourth-order valence-electron chi connectivity index (χ4n) is 5.24. The van der Waals surface area contributed by atoms with Crippen LogP contribution in [0.3, 0.4) is 0 Å². The van der Waals surface area contributed by atoms with Gasteiger partial charge in [0.05, 0.1) is 37.3 Å². The van der Waals surface area contributed by atoms with Gasteiger partial charge in [0.15, 0.2) is 0 Å². The number of fused-ring (bicyclic) bond motifs is 1. The Labute approximate surface area is 232 Å². The molecule has 1 N–H and O–H groups in total. The fraction of sp³-hybridized carbons (Fsp3) is 0.357. The van der Waals surface area contributed by atoms with Gasteiger partial charge in [-0.25, -0.2) is 0 Å². The predicted molar refractivity (Wildman–Crippen MR) is 143 cm³/mol. The number of halogens is 3. The first-order valence-electron chi connectivity index (χ1n) is 12.8. The van der Waals surface area contributed by atoms with Crippen molar-refractivity contribution >= 4 is 23.1 Å². The molecule has 2 aliphatic heterocycles. The van der Waals surface area contributed by atoms with E-state index in [0.717, 1.165) is 17.9 Å². The van der Waals surface area contributed by atoms with Crippen LogP contribution in [0.25, 0.3) is 16.9 Å². The lowest BCUT2D eigenvalue weighted by atomic mass is 10.0. The summed E-state index contributed by atoms with van der Waals surface area (Å²) < 4.78 is 54.2. The number of methoxy groups -OCH3 is 2. The number of hydrogen-bond acceptors (Lipinski definition) is 8. The summed E-state index contributed by atoms with van der Waals surface area (Å²) in [6, 6.07) is 8.11. The van der Waals surface area contributed by atoms with Crippen LogP contribution in [0.15, 0.2) is 41.2 Å². The Bertz CT molecular complexity index is 1580. The van der Waals surface area contributed by atoms with Crippen LogP contribution in [-0.2, 0) is 22.2 Å². The van der Waals surface area contributed by atoms with Crippen molar-refractivity contribution in [3.63, 3.8) is 0 Å². The number of hydrogen-bond donors (Lipinski definition) is 1. The fourth-order valence-corrected chi connectivity index (χ4v) is 5.24. The highest BCUT2D eigenvalue weighted by atomic mass is 19.4. The molecule has 0 bridgehead atoms. The third-order valence-electron chi connectivity index (χ3n) is 7.24. The van der Waals surface area contributed by atoms with Crippen molar-refractivity contribution in [2.45, 2.75) is 32.0 Å². The number of ketones is 1. The Morgan fingerprint density at radius 3 is 2.29 bits per heavy atom. The third kappa shape index (κ3) is 5.12. The highest BCUT2D eigenvalue weighted by Crippen LogP contribution is 2.39. The number of aliphatic hydroxyl groups excluding tert-OH is 1. The largest absolute Gasteiger partial charge is 0.497 e. The van der Waals surface area contributed by atoms with Gasteiger partial charge < -0.3 is 24.4 Å². The van der Waals surface area contributed by atoms with Crippen LogP contribution in [0.5, 0.6) is 11.5 Å². The first kappa shape index (κ1) is 28.1. The summed E-state index contributed by atoms with van der Waals surface area (Å²) in [7, 11) is 2.86. The third-order valence-corrected chi connectivity index (χ3v) is 7.24. The lowest BCUT2D eigenvalue weighted by molar-refractivity contribution is -0.137. The number of carbonyl (C=O) groups is 2. The van der Waals surface area contributed by atoms with Crippen molar-refractivity contribution in [1.29, 1.82) is 0 Å². The molecule has 1 amide bonds. The molecule has 2 aromatic carbocycles. The number of nitrogens with zero attached hydrogens (tertiary/aromatic N) is 4. The summed E-state index contributed by atoms with van der Waals surface area (Å²) in [5.41, 5.74) is -1.69. The van der Waals surface area contributed by atoms with Gasteiger partial charge in [-0.3, -0.25) is 14.4 Å². The first-order chi connectivity index (χ1) is 19.4. The number of aromatic nitrogens is 2. The summed E-state index contributed by atoms with van der Waals surface area (Å²) in [6.07, 6.45) is -4.91. The molecule has 216 valence electrons. The molecule has 1 atom stereocenters. The molecule has 2 aliphatic rings. The number of benzene rings is 2. The zero-order valence-electron chi connectivity index (χ0n) is 22.5. The van der Waals surface area contributed by atoms with Gasteiger partial charge in [-0.05, 0) is 43.2 Å². The van der Waals surface area contributed by atoms with E-state index < -0.39 is 40.8 Å². The summed E-state index contributed by atoms with van der Waals surface area (Å²) in [5.74, 6) is -1.04. The van der Waals surface area contributed by atoms with E-state index in [1.165, 1.54) is 26.4 Å². The molecule has 41 heavy (non-hydrogen) atoms. The van der Waals surface area contributed by atoms with E-state index in [2.05, 4.69) is 5.10 Å². The molecule has 1 fully saturated rings. The molecule has 1 unspecified atom stereocenters. The van der Waals surface area contributed by atoms with E-state index in [0.29, 0.717) is 46.0 Å². The molecule has 0 aliphatic carbocycles. The number of anilines is 2. The Morgan fingerprint density at radius 1 is 1.05 bits per heavy atom. The maximum atomic E-state index is 14.3. The molecular weight excluding hydrogens is 545 g/mol. The highest BCUT2D eigenvalue weighted by molar-refractivity contribution is 6.40. The van der Waals surface area contributed by atoms with Crippen LogP contribution < -0.4 is 24.8 Å². The number of ether oxygens (including phenoxy) is 2. The lowest BCUT2D eigenvalue weighted by Crippen LogP contribution is -2.38. The van der Waals surface area contributed by atoms with Crippen LogP contribution >= 0.6 is 0 Å². The molecule has 13 heteroatoms. The zero-order valence-corrected chi connectivity index (χ0v) is 22.5. The normalized spacial score (nSPS) is 16.6. The number of carbonyl (C=O) groups excluding carboxylic acids is 2. The number of alkyl halides is 3. The summed E-state index contributed by atoms with van der Waals surface area (Å²) >= 11 is 0. The van der Waals surface area contributed by atoms with Gasteiger partial charge in [0.25, 0.3) is 11.5 Å². The molecule has 10 nitrogen and oxygen atoms in total. The zero-order chi connectivity index (χ0) is 29.6. The van der Waals surface area contributed by atoms with Crippen LogP contribution in [-0.4, -0.2) is 66.5 Å². The minimum atomic E-state index is -4.85. The molecule has 0 spiro atoms. The molecule has 0 saturated carbocycles. The van der Waals surface area contributed by atoms with Gasteiger partial charge in [-0.15, -0.1) is 0 Å². The highest BCUT2D eigenvalue weighted by Gasteiger charge is 2.38. The second-order valence-corrected chi connectivity index (χ2v) is 9.84. The standard InChI is InChI=1S/C28H27F3N4O6/c1-15(36)26(38)34-9-7-21-24(16-10-19(40-2)13-20(11-16)41-3)32-35(27(39)25(21)34)23-12-17(33-8-6-18(37)14-33)4-5-22(23)28(29,30)31/h4-5,10-13,18,37H,6-9,14H2,1-3H3. The number of aliphatic hydroxyl groups is 1. The van der Waals surface area contributed by atoms with Crippen molar-refractivity contribution in [1.82, 2.24) is 9.78 Å². The van der Waals surface area contributed by atoms with Crippen LogP contribution in [0.2, 0.25) is 0 Å². The SMILES string of the molecule is COc1cc(OC)cc(-c2nn(-c3cc(N4CCC(O)C4)ccc3C(F)(F)F)c(=O)c3c2CCN3C(=O)C(C)=O)c1. The van der Waals surface area contributed by atoms with Crippen LogP contribution in [0.1, 0.15) is 24.5 Å². The van der Waals surface area contributed by atoms with Gasteiger partial charge >= 0.3 is 6.18 Å². The molecule has 5 rings (SSSR count). The van der Waals surface area contributed by atoms with E-state index >= 15 is 0 Å². The topological polar surface area (TPSA) is 114 Å². The quantitative estimate of drug-likeness (QED) is 0.449. The van der Waals surface area contributed by atoms with Crippen molar-refractivity contribution in [3.05, 3.63) is 57.9 Å². The molecular formula is C28H27F3N4O6.